The van der Waals surface area contributed by atoms with Gasteiger partial charge in [0.2, 0.25) is 5.88 Å². The van der Waals surface area contributed by atoms with Gasteiger partial charge in [-0.2, -0.15) is 0 Å². The molecule has 1 aromatic carbocycles. The molecule has 2 aromatic rings. The van der Waals surface area contributed by atoms with Crippen LogP contribution in [0.5, 0.6) is 11.6 Å². The maximum Gasteiger partial charge on any atom is 0.254 e. The fourth-order valence-corrected chi connectivity index (χ4v) is 1.99. The topological polar surface area (TPSA) is 91.2 Å². The summed E-state index contributed by atoms with van der Waals surface area (Å²) in [4.78, 5) is 15.2. The molecule has 0 aliphatic heterocycles. The number of pyridine rings is 1. The average Bonchev–Trinajstić information content (AvgIpc) is 2.37. The number of anilines is 1. The second-order valence-electron chi connectivity index (χ2n) is 3.78. The number of carbonyl (C=O) groups excluding carboxylic acids is 1. The lowest BCUT2D eigenvalue weighted by molar-refractivity contribution is 0.0997. The molecule has 0 fully saturated rings. The summed E-state index contributed by atoms with van der Waals surface area (Å²) in [6, 6.07) is 4.19. The van der Waals surface area contributed by atoms with Gasteiger partial charge in [0, 0.05) is 6.07 Å². The molecule has 20 heavy (non-hydrogen) atoms. The first-order valence-corrected chi connectivity index (χ1v) is 6.39. The van der Waals surface area contributed by atoms with E-state index in [2.05, 4.69) is 4.98 Å². The normalized spacial score (nSPS) is 10.3. The van der Waals surface area contributed by atoms with Crippen LogP contribution in [-0.4, -0.2) is 10.9 Å². The van der Waals surface area contributed by atoms with Crippen molar-refractivity contribution in [2.45, 2.75) is 0 Å². The molecular formula is C12H8Cl3N3O2. The number of rotatable bonds is 3. The van der Waals surface area contributed by atoms with Gasteiger partial charge in [0.05, 0.1) is 27.0 Å². The first kappa shape index (κ1) is 14.7. The third kappa shape index (κ3) is 3.07. The Morgan fingerprint density at radius 3 is 2.40 bits per heavy atom. The standard InChI is InChI=1S/C12H8Cl3N3O2/c13-7-2-9(15)10(3-8(7)14)20-12-6(11(17)19)1-5(16)4-18-12/h1-4H,16H2,(H2,17,19). The molecule has 2 rings (SSSR count). The third-order valence-corrected chi connectivity index (χ3v) is 3.34. The summed E-state index contributed by atoms with van der Waals surface area (Å²) in [7, 11) is 0. The van der Waals surface area contributed by atoms with E-state index >= 15 is 0 Å². The molecule has 104 valence electrons. The molecule has 1 aromatic heterocycles. The number of hydrogen-bond acceptors (Lipinski definition) is 4. The fraction of sp³-hybridized carbons (Fsp3) is 0. The molecule has 0 radical (unpaired) electrons. The van der Waals surface area contributed by atoms with Crippen LogP contribution in [0.2, 0.25) is 15.1 Å². The quantitative estimate of drug-likeness (QED) is 0.841. The fourth-order valence-electron chi connectivity index (χ4n) is 1.41. The molecule has 8 heteroatoms. The van der Waals surface area contributed by atoms with Crippen molar-refractivity contribution >= 4 is 46.4 Å². The molecule has 0 saturated carbocycles. The summed E-state index contributed by atoms with van der Waals surface area (Å²) in [5, 5.41) is 0.750. The highest BCUT2D eigenvalue weighted by Crippen LogP contribution is 2.36. The van der Waals surface area contributed by atoms with Crippen molar-refractivity contribution in [2.24, 2.45) is 5.73 Å². The van der Waals surface area contributed by atoms with Gasteiger partial charge in [0.1, 0.15) is 11.3 Å². The maximum atomic E-state index is 11.3. The van der Waals surface area contributed by atoms with E-state index in [-0.39, 0.29) is 37.9 Å². The van der Waals surface area contributed by atoms with E-state index in [0.717, 1.165) is 0 Å². The van der Waals surface area contributed by atoms with Gasteiger partial charge in [-0.05, 0) is 12.1 Å². The van der Waals surface area contributed by atoms with Gasteiger partial charge >= 0.3 is 0 Å². The number of nitrogen functional groups attached to an aromatic ring is 1. The highest BCUT2D eigenvalue weighted by atomic mass is 35.5. The zero-order valence-electron chi connectivity index (χ0n) is 9.86. The van der Waals surface area contributed by atoms with Crippen LogP contribution in [0.4, 0.5) is 5.69 Å². The lowest BCUT2D eigenvalue weighted by atomic mass is 10.2. The Balaban J connectivity index is 2.45. The molecule has 0 aliphatic rings. The van der Waals surface area contributed by atoms with Gasteiger partial charge in [0.25, 0.3) is 5.91 Å². The summed E-state index contributed by atoms with van der Waals surface area (Å²) in [5.74, 6) is -0.552. The van der Waals surface area contributed by atoms with Crippen LogP contribution in [0, 0.1) is 0 Å². The van der Waals surface area contributed by atoms with Gasteiger partial charge in [-0.3, -0.25) is 4.79 Å². The lowest BCUT2D eigenvalue weighted by Gasteiger charge is -2.10. The molecular weight excluding hydrogens is 325 g/mol. The summed E-state index contributed by atoms with van der Waals surface area (Å²) in [6.07, 6.45) is 1.33. The van der Waals surface area contributed by atoms with Gasteiger partial charge in [-0.25, -0.2) is 4.98 Å². The van der Waals surface area contributed by atoms with E-state index in [0.29, 0.717) is 0 Å². The van der Waals surface area contributed by atoms with E-state index in [4.69, 9.17) is 51.0 Å². The molecule has 0 saturated heterocycles. The number of hydrogen-bond donors (Lipinski definition) is 2. The van der Waals surface area contributed by atoms with Crippen LogP contribution in [0.1, 0.15) is 10.4 Å². The van der Waals surface area contributed by atoms with Gasteiger partial charge in [-0.15, -0.1) is 0 Å². The summed E-state index contributed by atoms with van der Waals surface area (Å²) in [5.41, 5.74) is 11.1. The Labute approximate surface area is 129 Å². The number of ether oxygens (including phenoxy) is 1. The zero-order valence-corrected chi connectivity index (χ0v) is 12.1. The molecule has 1 amide bonds. The van der Waals surface area contributed by atoms with Crippen LogP contribution in [0.3, 0.4) is 0 Å². The first-order chi connectivity index (χ1) is 9.38. The summed E-state index contributed by atoms with van der Waals surface area (Å²) >= 11 is 17.7. The van der Waals surface area contributed by atoms with Crippen LogP contribution in [-0.2, 0) is 0 Å². The molecule has 0 unspecified atom stereocenters. The SMILES string of the molecule is NC(=O)c1cc(N)cnc1Oc1cc(Cl)c(Cl)cc1Cl. The maximum absolute atomic E-state index is 11.3. The number of aromatic nitrogens is 1. The number of halogens is 3. The molecule has 0 spiro atoms. The Morgan fingerprint density at radius 2 is 1.75 bits per heavy atom. The van der Waals surface area contributed by atoms with Crippen LogP contribution >= 0.6 is 34.8 Å². The number of benzene rings is 1. The van der Waals surface area contributed by atoms with Crippen LogP contribution < -0.4 is 16.2 Å². The van der Waals surface area contributed by atoms with E-state index in [9.17, 15) is 4.79 Å². The van der Waals surface area contributed by atoms with Crippen molar-refractivity contribution in [3.05, 3.63) is 45.0 Å². The van der Waals surface area contributed by atoms with Gasteiger partial charge in [0.15, 0.2) is 0 Å². The average molecular weight is 333 g/mol. The predicted octanol–water partition coefficient (Wildman–Crippen LogP) is 3.52. The van der Waals surface area contributed by atoms with Crippen molar-refractivity contribution in [3.8, 4) is 11.6 Å². The van der Waals surface area contributed by atoms with Crippen molar-refractivity contribution in [3.63, 3.8) is 0 Å². The Hall–Kier alpha value is -1.69. The number of nitrogens with two attached hydrogens (primary N) is 2. The van der Waals surface area contributed by atoms with Crippen molar-refractivity contribution in [1.29, 1.82) is 0 Å². The molecule has 0 atom stereocenters. The van der Waals surface area contributed by atoms with Crippen molar-refractivity contribution < 1.29 is 9.53 Å². The molecule has 5 nitrogen and oxygen atoms in total. The van der Waals surface area contributed by atoms with E-state index in [1.54, 1.807) is 0 Å². The largest absolute Gasteiger partial charge is 0.437 e. The second-order valence-corrected chi connectivity index (χ2v) is 5.01. The zero-order chi connectivity index (χ0) is 14.9. The lowest BCUT2D eigenvalue weighted by Crippen LogP contribution is -2.13. The van der Waals surface area contributed by atoms with E-state index in [1.165, 1.54) is 24.4 Å². The van der Waals surface area contributed by atoms with Crippen LogP contribution in [0.25, 0.3) is 0 Å². The Bertz CT molecular complexity index is 692. The third-order valence-electron chi connectivity index (χ3n) is 2.32. The smallest absolute Gasteiger partial charge is 0.254 e. The summed E-state index contributed by atoms with van der Waals surface area (Å²) < 4.78 is 5.45. The predicted molar refractivity (Wildman–Crippen MR) is 78.7 cm³/mol. The highest BCUT2D eigenvalue weighted by molar-refractivity contribution is 6.43. The minimum Gasteiger partial charge on any atom is -0.437 e. The minimum absolute atomic E-state index is 0.0213. The summed E-state index contributed by atoms with van der Waals surface area (Å²) in [6.45, 7) is 0. The van der Waals surface area contributed by atoms with Gasteiger partial charge < -0.3 is 16.2 Å². The number of carbonyl (C=O) groups is 1. The minimum atomic E-state index is -0.726. The molecule has 1 heterocycles. The van der Waals surface area contributed by atoms with Gasteiger partial charge in [-0.1, -0.05) is 34.8 Å². The number of amides is 1. The van der Waals surface area contributed by atoms with Crippen LogP contribution in [0.15, 0.2) is 24.4 Å². The number of primary amides is 1. The van der Waals surface area contributed by atoms with E-state index < -0.39 is 5.91 Å². The monoisotopic (exact) mass is 331 g/mol. The Morgan fingerprint density at radius 1 is 1.10 bits per heavy atom. The Kier molecular flexibility index (Phi) is 4.23. The number of nitrogens with zero attached hydrogens (tertiary/aromatic N) is 1. The first-order valence-electron chi connectivity index (χ1n) is 5.26. The van der Waals surface area contributed by atoms with Crippen molar-refractivity contribution in [1.82, 2.24) is 4.98 Å². The highest BCUT2D eigenvalue weighted by Gasteiger charge is 2.15. The molecule has 0 bridgehead atoms. The van der Waals surface area contributed by atoms with E-state index in [1.807, 2.05) is 0 Å². The molecule has 4 N–H and O–H groups in total. The second kappa shape index (κ2) is 5.75. The van der Waals surface area contributed by atoms with Crippen molar-refractivity contribution in [2.75, 3.05) is 5.73 Å². The molecule has 0 aliphatic carbocycles.